The van der Waals surface area contributed by atoms with Crippen molar-refractivity contribution in [1.29, 1.82) is 0 Å². The second-order valence-electron chi connectivity index (χ2n) is 7.40. The van der Waals surface area contributed by atoms with Gasteiger partial charge in [0.05, 0.1) is 0 Å². The molecule has 1 aliphatic rings. The van der Waals surface area contributed by atoms with E-state index in [4.69, 9.17) is 4.99 Å². The Bertz CT molecular complexity index is 1370. The Hall–Kier alpha value is -1.92. The summed E-state index contributed by atoms with van der Waals surface area (Å²) in [5.74, 6) is 0.296. The molecule has 0 fully saturated rings. The van der Waals surface area contributed by atoms with Crippen molar-refractivity contribution in [2.45, 2.75) is 6.55 Å². The van der Waals surface area contributed by atoms with Crippen LogP contribution < -0.4 is 26.1 Å². The van der Waals surface area contributed by atoms with Crippen molar-refractivity contribution in [3.05, 3.63) is 85.8 Å². The number of rotatable bonds is 2. The first kappa shape index (κ1) is 19.1. The summed E-state index contributed by atoms with van der Waals surface area (Å²) < 4.78 is 2.77. The molecule has 0 saturated heterocycles. The van der Waals surface area contributed by atoms with Crippen LogP contribution in [0.2, 0.25) is 6.55 Å². The van der Waals surface area contributed by atoms with Gasteiger partial charge in [0.15, 0.2) is 0 Å². The third-order valence-corrected chi connectivity index (χ3v) is 13.5. The van der Waals surface area contributed by atoms with E-state index in [1.807, 2.05) is 12.1 Å². The molecule has 4 aromatic rings. The Labute approximate surface area is 190 Å². The van der Waals surface area contributed by atoms with Crippen LogP contribution >= 0.6 is 22.6 Å². The number of hydrogen-bond acceptors (Lipinski definition) is 2. The maximum atomic E-state index is 10.3. The van der Waals surface area contributed by atoms with Gasteiger partial charge >= 0.3 is 191 Å². The molecule has 1 aromatic heterocycles. The van der Waals surface area contributed by atoms with Crippen molar-refractivity contribution < 1.29 is 5.11 Å². The first-order chi connectivity index (χ1) is 14.0. The van der Waals surface area contributed by atoms with Crippen LogP contribution in [0.3, 0.4) is 0 Å². The molecule has 2 heterocycles. The molecule has 142 valence electrons. The number of phenolic OH excluding ortho intramolecular Hbond substituents is 1. The van der Waals surface area contributed by atoms with Gasteiger partial charge in [-0.15, -0.1) is 0 Å². The summed E-state index contributed by atoms with van der Waals surface area (Å²) in [4.78, 5) is 5.02. The maximum absolute atomic E-state index is 10.3. The van der Waals surface area contributed by atoms with Crippen molar-refractivity contribution in [3.63, 3.8) is 0 Å². The molecule has 0 radical (unpaired) electrons. The van der Waals surface area contributed by atoms with E-state index >= 15 is 0 Å². The minimum atomic E-state index is -2.40. The van der Waals surface area contributed by atoms with Gasteiger partial charge in [0.25, 0.3) is 0 Å². The van der Waals surface area contributed by atoms with Crippen molar-refractivity contribution in [3.8, 4) is 15.8 Å². The van der Waals surface area contributed by atoms with E-state index in [1.165, 1.54) is 22.8 Å². The van der Waals surface area contributed by atoms with Crippen molar-refractivity contribution in [2.24, 2.45) is 4.99 Å². The normalized spacial score (nSPS) is 17.3. The SMILES string of the molecule is C=c1ccc2c(c1-c1ccc(I)[se]1)[Si](C)(c1ccccc1)c1cc(O)ccc1N=2. The summed E-state index contributed by atoms with van der Waals surface area (Å²) in [6.07, 6.45) is 0. The average Bonchev–Trinajstić information content (AvgIpc) is 3.15. The molecule has 0 bridgehead atoms. The standard InChI is InChI=1S/C24H18INOSeSi/c1-15-8-10-19-24(23(15)20-12-13-22(25)28-20)29(2,17-6-4-3-5-7-17)21-14-16(27)9-11-18(21)26-19/h3-14,27H,1H2,2H3. The molecule has 0 saturated carbocycles. The van der Waals surface area contributed by atoms with Crippen LogP contribution in [0.4, 0.5) is 5.69 Å². The molecule has 3 aromatic carbocycles. The van der Waals surface area contributed by atoms with Crippen LogP contribution in [0, 0.1) is 2.44 Å². The molecule has 2 nitrogen and oxygen atoms in total. The molecular formula is C24H18INOSeSi. The first-order valence-electron chi connectivity index (χ1n) is 9.34. The van der Waals surface area contributed by atoms with Gasteiger partial charge in [-0.3, -0.25) is 0 Å². The summed E-state index contributed by atoms with van der Waals surface area (Å²) in [6.45, 7) is 6.79. The van der Waals surface area contributed by atoms with E-state index in [-0.39, 0.29) is 0 Å². The number of halogens is 1. The van der Waals surface area contributed by atoms with Gasteiger partial charge in [-0.05, 0) is 0 Å². The zero-order chi connectivity index (χ0) is 20.2. The number of phenols is 1. The van der Waals surface area contributed by atoms with Crippen LogP contribution in [0.1, 0.15) is 0 Å². The monoisotopic (exact) mass is 571 g/mol. The van der Waals surface area contributed by atoms with Gasteiger partial charge < -0.3 is 0 Å². The fourth-order valence-corrected chi connectivity index (χ4v) is 11.9. The zero-order valence-electron chi connectivity index (χ0n) is 15.8. The summed E-state index contributed by atoms with van der Waals surface area (Å²) in [5.41, 5.74) is 2.23. The van der Waals surface area contributed by atoms with E-state index < -0.39 is 8.07 Å². The molecule has 1 atom stereocenters. The van der Waals surface area contributed by atoms with Gasteiger partial charge in [0.1, 0.15) is 0 Å². The van der Waals surface area contributed by atoms with E-state index in [9.17, 15) is 5.11 Å². The Morgan fingerprint density at radius 1 is 1.00 bits per heavy atom. The summed E-state index contributed by atoms with van der Waals surface area (Å²) in [6, 6.07) is 25.0. The molecule has 1 unspecified atom stereocenters. The van der Waals surface area contributed by atoms with Gasteiger partial charge in [-0.25, -0.2) is 0 Å². The number of hydrogen-bond donors (Lipinski definition) is 1. The van der Waals surface area contributed by atoms with Gasteiger partial charge in [0, 0.05) is 0 Å². The number of fused-ring (bicyclic) bond motifs is 2. The molecule has 1 N–H and O–H groups in total. The topological polar surface area (TPSA) is 32.6 Å². The predicted octanol–water partition coefficient (Wildman–Crippen LogP) is 2.50. The Kier molecular flexibility index (Phi) is 4.66. The summed E-state index contributed by atoms with van der Waals surface area (Å²) >= 11 is 2.74. The molecule has 29 heavy (non-hydrogen) atoms. The van der Waals surface area contributed by atoms with E-state index in [0.717, 1.165) is 21.4 Å². The molecule has 0 spiro atoms. The van der Waals surface area contributed by atoms with Crippen molar-refractivity contribution >= 4 is 73.0 Å². The Morgan fingerprint density at radius 3 is 2.52 bits per heavy atom. The third kappa shape index (κ3) is 2.99. The van der Waals surface area contributed by atoms with Gasteiger partial charge in [-0.1, -0.05) is 0 Å². The van der Waals surface area contributed by atoms with Crippen LogP contribution in [0.5, 0.6) is 5.75 Å². The first-order valence-corrected chi connectivity index (χ1v) is 14.6. The Balaban J connectivity index is 1.98. The second-order valence-corrected chi connectivity index (χ2v) is 16.3. The number of aromatic hydroxyl groups is 1. The Morgan fingerprint density at radius 2 is 1.79 bits per heavy atom. The molecular weight excluding hydrogens is 552 g/mol. The van der Waals surface area contributed by atoms with Crippen molar-refractivity contribution in [1.82, 2.24) is 0 Å². The van der Waals surface area contributed by atoms with Gasteiger partial charge in [0.2, 0.25) is 0 Å². The molecule has 5 heteroatoms. The van der Waals surface area contributed by atoms with Crippen LogP contribution in [-0.2, 0) is 0 Å². The fourth-order valence-electron chi connectivity index (χ4n) is 4.32. The van der Waals surface area contributed by atoms with Crippen LogP contribution in [-0.4, -0.2) is 27.7 Å². The molecule has 1 aliphatic heterocycles. The molecule has 0 aliphatic carbocycles. The van der Waals surface area contributed by atoms with E-state index in [2.05, 4.69) is 90.3 Å². The molecule has 0 amide bonds. The minimum absolute atomic E-state index is 0.296. The fraction of sp³-hybridized carbons (Fsp3) is 0.0417. The number of benzene rings is 3. The predicted molar refractivity (Wildman–Crippen MR) is 133 cm³/mol. The van der Waals surface area contributed by atoms with Crippen LogP contribution in [0.15, 0.2) is 77.8 Å². The number of nitrogens with zero attached hydrogens (tertiary/aromatic N) is 1. The van der Waals surface area contributed by atoms with E-state index in [1.54, 1.807) is 6.07 Å². The quantitative estimate of drug-likeness (QED) is 0.292. The van der Waals surface area contributed by atoms with Crippen molar-refractivity contribution in [2.75, 3.05) is 0 Å². The van der Waals surface area contributed by atoms with E-state index in [0.29, 0.717) is 20.3 Å². The molecule has 5 rings (SSSR count). The third-order valence-electron chi connectivity index (χ3n) is 5.70. The summed E-state index contributed by atoms with van der Waals surface area (Å²) in [5, 5.41) is 16.2. The van der Waals surface area contributed by atoms with Crippen LogP contribution in [0.25, 0.3) is 16.6 Å². The zero-order valence-corrected chi connectivity index (χ0v) is 20.7. The average molecular weight is 570 g/mol. The second kappa shape index (κ2) is 7.09. The van der Waals surface area contributed by atoms with Gasteiger partial charge in [-0.2, -0.15) is 0 Å². The summed E-state index contributed by atoms with van der Waals surface area (Å²) in [7, 11) is -2.40.